The van der Waals surface area contributed by atoms with Crippen molar-refractivity contribution >= 4 is 38.7 Å². The van der Waals surface area contributed by atoms with E-state index in [2.05, 4.69) is 15.9 Å². The van der Waals surface area contributed by atoms with Crippen LogP contribution in [0.4, 0.5) is 0 Å². The van der Waals surface area contributed by atoms with E-state index in [4.69, 9.17) is 9.47 Å². The fourth-order valence-electron chi connectivity index (χ4n) is 2.96. The zero-order chi connectivity index (χ0) is 18.1. The fraction of sp³-hybridized carbons (Fsp3) is 0.158. The van der Waals surface area contributed by atoms with Crippen LogP contribution in [-0.2, 0) is 4.74 Å². The van der Waals surface area contributed by atoms with Crippen molar-refractivity contribution in [3.05, 3.63) is 63.8 Å². The van der Waals surface area contributed by atoms with Gasteiger partial charge in [-0.2, -0.15) is 0 Å². The summed E-state index contributed by atoms with van der Waals surface area (Å²) in [5, 5.41) is 0.675. The Kier molecular flexibility index (Phi) is 4.63. The number of halogens is 1. The number of methoxy groups -OCH3 is 2. The third-order valence-electron chi connectivity index (χ3n) is 4.10. The van der Waals surface area contributed by atoms with Crippen LogP contribution in [0.1, 0.15) is 26.4 Å². The van der Waals surface area contributed by atoms with Crippen molar-refractivity contribution in [1.82, 2.24) is 4.57 Å². The van der Waals surface area contributed by atoms with Crippen LogP contribution in [0, 0.1) is 6.92 Å². The van der Waals surface area contributed by atoms with E-state index in [1.54, 1.807) is 37.3 Å². The van der Waals surface area contributed by atoms with Crippen molar-refractivity contribution < 1.29 is 19.1 Å². The Labute approximate surface area is 153 Å². The van der Waals surface area contributed by atoms with Gasteiger partial charge in [0.15, 0.2) is 0 Å². The Morgan fingerprint density at radius 1 is 1.08 bits per heavy atom. The van der Waals surface area contributed by atoms with Gasteiger partial charge in [0.1, 0.15) is 5.75 Å². The van der Waals surface area contributed by atoms with Gasteiger partial charge in [-0.05, 0) is 31.2 Å². The third-order valence-corrected chi connectivity index (χ3v) is 4.59. The number of ether oxygens (including phenoxy) is 2. The Morgan fingerprint density at radius 3 is 2.48 bits per heavy atom. The molecule has 0 aliphatic carbocycles. The predicted octanol–water partition coefficient (Wildman–Crippen LogP) is 4.20. The molecule has 128 valence electrons. The molecule has 1 aromatic heterocycles. The first kappa shape index (κ1) is 17.2. The first-order valence-electron chi connectivity index (χ1n) is 7.56. The minimum absolute atomic E-state index is 0.276. The molecule has 0 spiro atoms. The molecule has 2 aromatic carbocycles. The Balaban J connectivity index is 2.30. The molecule has 0 fully saturated rings. The fourth-order valence-corrected chi connectivity index (χ4v) is 3.32. The summed E-state index contributed by atoms with van der Waals surface area (Å²) in [5.41, 5.74) is 1.96. The molecule has 0 saturated carbocycles. The van der Waals surface area contributed by atoms with Crippen LogP contribution < -0.4 is 4.74 Å². The van der Waals surface area contributed by atoms with Gasteiger partial charge in [0.05, 0.1) is 30.9 Å². The minimum Gasteiger partial charge on any atom is -0.496 e. The second-order valence-electron chi connectivity index (χ2n) is 5.45. The zero-order valence-electron chi connectivity index (χ0n) is 14.0. The Hall–Kier alpha value is -2.60. The van der Waals surface area contributed by atoms with Crippen molar-refractivity contribution in [2.24, 2.45) is 0 Å². The van der Waals surface area contributed by atoms with E-state index >= 15 is 0 Å². The van der Waals surface area contributed by atoms with Crippen LogP contribution in [0.3, 0.4) is 0 Å². The highest BCUT2D eigenvalue weighted by Gasteiger charge is 2.25. The number of esters is 1. The van der Waals surface area contributed by atoms with Crippen LogP contribution in [0.25, 0.3) is 10.9 Å². The van der Waals surface area contributed by atoms with Gasteiger partial charge in [0.25, 0.3) is 5.91 Å². The number of nitrogens with zero attached hydrogens (tertiary/aromatic N) is 1. The molecule has 0 aliphatic heterocycles. The van der Waals surface area contributed by atoms with Gasteiger partial charge in [-0.25, -0.2) is 4.79 Å². The Morgan fingerprint density at radius 2 is 1.80 bits per heavy atom. The van der Waals surface area contributed by atoms with Gasteiger partial charge in [-0.1, -0.05) is 34.1 Å². The predicted molar refractivity (Wildman–Crippen MR) is 98.4 cm³/mol. The van der Waals surface area contributed by atoms with E-state index in [1.165, 1.54) is 18.8 Å². The number of carbonyl (C=O) groups is 2. The first-order valence-corrected chi connectivity index (χ1v) is 8.35. The van der Waals surface area contributed by atoms with Crippen LogP contribution >= 0.6 is 15.9 Å². The summed E-state index contributed by atoms with van der Waals surface area (Å²) in [7, 11) is 2.84. The van der Waals surface area contributed by atoms with E-state index in [9.17, 15) is 9.59 Å². The number of para-hydroxylation sites is 1. The van der Waals surface area contributed by atoms with Crippen molar-refractivity contribution in [3.63, 3.8) is 0 Å². The summed E-state index contributed by atoms with van der Waals surface area (Å²) >= 11 is 3.38. The maximum absolute atomic E-state index is 13.2. The van der Waals surface area contributed by atoms with Crippen LogP contribution in [0.2, 0.25) is 0 Å². The summed E-state index contributed by atoms with van der Waals surface area (Å²) < 4.78 is 12.5. The standard InChI is InChI=1S/C19H16BrNO4/c1-11-17(19(23)25-3)13-6-4-5-7-15(13)21(11)18(22)14-10-12(20)8-9-16(14)24-2/h4-10H,1-3H3. The van der Waals surface area contributed by atoms with Crippen LogP contribution in [0.5, 0.6) is 5.75 Å². The highest BCUT2D eigenvalue weighted by molar-refractivity contribution is 9.10. The maximum atomic E-state index is 13.2. The number of benzene rings is 2. The molecular formula is C19H16BrNO4. The molecule has 3 aromatic rings. The summed E-state index contributed by atoms with van der Waals surface area (Å²) in [4.78, 5) is 25.5. The average molecular weight is 402 g/mol. The topological polar surface area (TPSA) is 57.5 Å². The monoisotopic (exact) mass is 401 g/mol. The van der Waals surface area contributed by atoms with Gasteiger partial charge >= 0.3 is 5.97 Å². The molecule has 0 amide bonds. The molecule has 0 N–H and O–H groups in total. The molecule has 25 heavy (non-hydrogen) atoms. The first-order chi connectivity index (χ1) is 12.0. The van der Waals surface area contributed by atoms with Gasteiger partial charge in [-0.15, -0.1) is 0 Å². The average Bonchev–Trinajstić information content (AvgIpc) is 2.92. The summed E-state index contributed by atoms with van der Waals surface area (Å²) in [6, 6.07) is 12.5. The highest BCUT2D eigenvalue weighted by atomic mass is 79.9. The smallest absolute Gasteiger partial charge is 0.340 e. The molecule has 6 heteroatoms. The molecule has 0 unspecified atom stereocenters. The number of hydrogen-bond acceptors (Lipinski definition) is 4. The van der Waals surface area contributed by atoms with Crippen molar-refractivity contribution in [1.29, 1.82) is 0 Å². The third kappa shape index (κ3) is 2.82. The number of rotatable bonds is 3. The summed E-state index contributed by atoms with van der Waals surface area (Å²) in [6.07, 6.45) is 0. The van der Waals surface area contributed by atoms with E-state index in [-0.39, 0.29) is 5.91 Å². The molecule has 1 heterocycles. The lowest BCUT2D eigenvalue weighted by molar-refractivity contribution is 0.0602. The van der Waals surface area contributed by atoms with Gasteiger partial charge in [0.2, 0.25) is 0 Å². The molecule has 0 aliphatic rings. The minimum atomic E-state index is -0.471. The largest absolute Gasteiger partial charge is 0.496 e. The van der Waals surface area contributed by atoms with E-state index in [0.717, 1.165) is 4.47 Å². The molecular weight excluding hydrogens is 386 g/mol. The normalized spacial score (nSPS) is 10.7. The van der Waals surface area contributed by atoms with E-state index in [0.29, 0.717) is 33.5 Å². The molecule has 0 atom stereocenters. The van der Waals surface area contributed by atoms with Crippen molar-refractivity contribution in [2.45, 2.75) is 6.92 Å². The lowest BCUT2D eigenvalue weighted by atomic mass is 10.1. The molecule has 0 radical (unpaired) electrons. The highest BCUT2D eigenvalue weighted by Crippen LogP contribution is 2.30. The van der Waals surface area contributed by atoms with E-state index in [1.807, 2.05) is 12.1 Å². The van der Waals surface area contributed by atoms with E-state index < -0.39 is 5.97 Å². The van der Waals surface area contributed by atoms with Crippen LogP contribution in [0.15, 0.2) is 46.9 Å². The lowest BCUT2D eigenvalue weighted by Gasteiger charge is -2.11. The van der Waals surface area contributed by atoms with Gasteiger partial charge in [0, 0.05) is 15.6 Å². The number of hydrogen-bond donors (Lipinski definition) is 0. The molecule has 0 bridgehead atoms. The van der Waals surface area contributed by atoms with Crippen molar-refractivity contribution in [3.8, 4) is 5.75 Å². The number of carbonyl (C=O) groups excluding carboxylic acids is 2. The summed E-state index contributed by atoms with van der Waals surface area (Å²) in [6.45, 7) is 1.73. The quantitative estimate of drug-likeness (QED) is 0.617. The van der Waals surface area contributed by atoms with Gasteiger partial charge in [-0.3, -0.25) is 9.36 Å². The SMILES string of the molecule is COC(=O)c1c(C)n(C(=O)c2cc(Br)ccc2OC)c2ccccc12. The maximum Gasteiger partial charge on any atom is 0.340 e. The number of aromatic nitrogens is 1. The lowest BCUT2D eigenvalue weighted by Crippen LogP contribution is -2.15. The second-order valence-corrected chi connectivity index (χ2v) is 6.37. The zero-order valence-corrected chi connectivity index (χ0v) is 15.6. The molecule has 5 nitrogen and oxygen atoms in total. The van der Waals surface area contributed by atoms with Gasteiger partial charge < -0.3 is 9.47 Å². The second kappa shape index (κ2) is 6.72. The Bertz CT molecular complexity index is 990. The van der Waals surface area contributed by atoms with Crippen LogP contribution in [-0.4, -0.2) is 30.7 Å². The number of fused-ring (bicyclic) bond motifs is 1. The molecule has 3 rings (SSSR count). The van der Waals surface area contributed by atoms with Crippen molar-refractivity contribution in [2.75, 3.05) is 14.2 Å². The summed E-state index contributed by atoms with van der Waals surface area (Å²) in [5.74, 6) is -0.284. The molecule has 0 saturated heterocycles.